The van der Waals surface area contributed by atoms with Crippen molar-refractivity contribution in [2.75, 3.05) is 0 Å². The molecule has 15 nitrogen and oxygen atoms in total. The number of hydrogen-bond donors (Lipinski definition) is 8. The number of carbonyl (C=O) groups excluding carboxylic acids is 4. The van der Waals surface area contributed by atoms with Gasteiger partial charge in [-0.15, -0.1) is 0 Å². The molecule has 1 aromatic heterocycles. The maximum absolute atomic E-state index is 13.2. The minimum Gasteiger partial charge on any atom is -0.481 e. The summed E-state index contributed by atoms with van der Waals surface area (Å²) >= 11 is 0. The number of nitrogens with zero attached hydrogens (tertiary/aromatic N) is 1. The molecule has 0 saturated carbocycles. The number of aromatic nitrogens is 2. The van der Waals surface area contributed by atoms with E-state index in [-0.39, 0.29) is 32.1 Å². The Labute approximate surface area is 213 Å². The van der Waals surface area contributed by atoms with Crippen LogP contribution in [0.25, 0.3) is 0 Å². The number of carboxylic acids is 2. The Morgan fingerprint density at radius 2 is 1.62 bits per heavy atom. The first-order valence-electron chi connectivity index (χ1n) is 11.7. The van der Waals surface area contributed by atoms with Gasteiger partial charge < -0.3 is 42.6 Å². The quantitative estimate of drug-likeness (QED) is 0.111. The average Bonchev–Trinajstić information content (AvgIpc) is 3.34. The van der Waals surface area contributed by atoms with E-state index in [0.29, 0.717) is 12.1 Å². The van der Waals surface area contributed by atoms with Crippen molar-refractivity contribution in [1.29, 1.82) is 0 Å². The van der Waals surface area contributed by atoms with Gasteiger partial charge in [0.25, 0.3) is 0 Å². The molecule has 0 aliphatic rings. The molecule has 1 rings (SSSR count). The number of H-pyrrole nitrogens is 1. The molecule has 0 saturated heterocycles. The van der Waals surface area contributed by atoms with Gasteiger partial charge in [0.05, 0.1) is 12.4 Å². The van der Waals surface area contributed by atoms with Crippen molar-refractivity contribution in [3.63, 3.8) is 0 Å². The third kappa shape index (κ3) is 11.1. The molecule has 0 radical (unpaired) electrons. The van der Waals surface area contributed by atoms with Gasteiger partial charge in [-0.05, 0) is 18.8 Å². The second-order valence-corrected chi connectivity index (χ2v) is 8.66. The lowest BCUT2D eigenvalue weighted by Crippen LogP contribution is -2.59. The fourth-order valence-corrected chi connectivity index (χ4v) is 3.28. The molecule has 206 valence electrons. The zero-order valence-corrected chi connectivity index (χ0v) is 20.7. The highest BCUT2D eigenvalue weighted by Gasteiger charge is 2.33. The largest absolute Gasteiger partial charge is 0.481 e. The number of amides is 4. The summed E-state index contributed by atoms with van der Waals surface area (Å²) in [4.78, 5) is 78.7. The predicted octanol–water partition coefficient (Wildman–Crippen LogP) is -2.01. The number of imidazole rings is 1. The lowest BCUT2D eigenvalue weighted by atomic mass is 9.96. The zero-order chi connectivity index (χ0) is 28.1. The maximum Gasteiger partial charge on any atom is 0.326 e. The lowest BCUT2D eigenvalue weighted by Gasteiger charge is -2.28. The van der Waals surface area contributed by atoms with Crippen LogP contribution in [0.15, 0.2) is 12.5 Å². The normalized spacial score (nSPS) is 14.9. The Morgan fingerprint density at radius 3 is 2.14 bits per heavy atom. The van der Waals surface area contributed by atoms with Crippen LogP contribution in [-0.4, -0.2) is 79.9 Å². The summed E-state index contributed by atoms with van der Waals surface area (Å²) in [6.45, 7) is 3.48. The van der Waals surface area contributed by atoms with E-state index in [1.165, 1.54) is 12.5 Å². The summed E-state index contributed by atoms with van der Waals surface area (Å²) in [6, 6.07) is -4.98. The molecule has 0 fully saturated rings. The molecule has 1 heterocycles. The fourth-order valence-electron chi connectivity index (χ4n) is 3.28. The molecule has 0 aromatic carbocycles. The number of nitrogens with one attached hydrogen (secondary N) is 4. The van der Waals surface area contributed by atoms with Crippen LogP contribution in [0, 0.1) is 5.92 Å². The molecule has 0 aliphatic heterocycles. The highest BCUT2D eigenvalue weighted by molar-refractivity contribution is 5.94. The maximum atomic E-state index is 13.2. The summed E-state index contributed by atoms with van der Waals surface area (Å²) in [7, 11) is 0. The van der Waals surface area contributed by atoms with Crippen LogP contribution >= 0.6 is 0 Å². The first kappa shape index (κ1) is 31.0. The molecule has 10 N–H and O–H groups in total. The first-order chi connectivity index (χ1) is 17.3. The first-order valence-corrected chi connectivity index (χ1v) is 11.7. The summed E-state index contributed by atoms with van der Waals surface area (Å²) < 4.78 is 0. The van der Waals surface area contributed by atoms with E-state index < -0.39 is 65.7 Å². The Morgan fingerprint density at radius 1 is 0.973 bits per heavy atom. The van der Waals surface area contributed by atoms with E-state index >= 15 is 0 Å². The van der Waals surface area contributed by atoms with Crippen molar-refractivity contribution >= 4 is 35.6 Å². The van der Waals surface area contributed by atoms with E-state index in [1.807, 2.05) is 0 Å². The summed E-state index contributed by atoms with van der Waals surface area (Å²) in [5, 5.41) is 25.6. The number of hydrogen-bond acceptors (Lipinski definition) is 8. The van der Waals surface area contributed by atoms with E-state index in [1.54, 1.807) is 13.8 Å². The van der Waals surface area contributed by atoms with Gasteiger partial charge in [0.2, 0.25) is 23.6 Å². The van der Waals surface area contributed by atoms with Crippen molar-refractivity contribution in [3.8, 4) is 0 Å². The molecule has 5 unspecified atom stereocenters. The predicted molar refractivity (Wildman–Crippen MR) is 128 cm³/mol. The van der Waals surface area contributed by atoms with E-state index in [2.05, 4.69) is 25.9 Å². The smallest absolute Gasteiger partial charge is 0.326 e. The van der Waals surface area contributed by atoms with Crippen LogP contribution in [0.5, 0.6) is 0 Å². The van der Waals surface area contributed by atoms with E-state index in [0.717, 1.165) is 0 Å². The number of nitrogens with two attached hydrogens (primary N) is 2. The molecular weight excluding hydrogens is 490 g/mol. The number of primary amides is 1. The number of aromatic amines is 1. The second-order valence-electron chi connectivity index (χ2n) is 8.66. The van der Waals surface area contributed by atoms with E-state index in [9.17, 15) is 33.9 Å². The SMILES string of the molecule is CCC(C)C(NC(=O)C(N)CCC(=O)O)C(=O)NC(Cc1cnc[nH]1)C(=O)NC(CCC(N)=O)C(=O)O. The summed E-state index contributed by atoms with van der Waals surface area (Å²) in [5.74, 6) is -5.94. The molecule has 0 spiro atoms. The molecule has 15 heteroatoms. The van der Waals surface area contributed by atoms with Gasteiger partial charge in [0, 0.05) is 31.2 Å². The van der Waals surface area contributed by atoms with Gasteiger partial charge in [0.1, 0.15) is 18.1 Å². The van der Waals surface area contributed by atoms with Gasteiger partial charge >= 0.3 is 11.9 Å². The van der Waals surface area contributed by atoms with Gasteiger partial charge in [-0.3, -0.25) is 24.0 Å². The van der Waals surface area contributed by atoms with Crippen molar-refractivity contribution in [3.05, 3.63) is 18.2 Å². The summed E-state index contributed by atoms with van der Waals surface area (Å²) in [5.41, 5.74) is 11.3. The fraction of sp³-hybridized carbons (Fsp3) is 0.591. The number of carboxylic acid groups (broad SMARTS) is 2. The van der Waals surface area contributed by atoms with Crippen LogP contribution in [-0.2, 0) is 35.2 Å². The molecule has 1 aromatic rings. The minimum atomic E-state index is -1.43. The van der Waals surface area contributed by atoms with Gasteiger partial charge in [-0.1, -0.05) is 20.3 Å². The molecule has 0 bridgehead atoms. The highest BCUT2D eigenvalue weighted by Crippen LogP contribution is 2.11. The molecule has 0 aliphatic carbocycles. The number of carbonyl (C=O) groups is 6. The average molecular weight is 526 g/mol. The lowest BCUT2D eigenvalue weighted by molar-refractivity contribution is -0.142. The van der Waals surface area contributed by atoms with Crippen molar-refractivity contribution < 1.29 is 39.0 Å². The van der Waals surface area contributed by atoms with Crippen LogP contribution in [0.1, 0.15) is 51.6 Å². The zero-order valence-electron chi connectivity index (χ0n) is 20.7. The highest BCUT2D eigenvalue weighted by atomic mass is 16.4. The Hall–Kier alpha value is -4.01. The van der Waals surface area contributed by atoms with Gasteiger partial charge in [0.15, 0.2) is 0 Å². The minimum absolute atomic E-state index is 0.0843. The van der Waals surface area contributed by atoms with Gasteiger partial charge in [-0.25, -0.2) is 9.78 Å². The molecular formula is C22H35N7O8. The van der Waals surface area contributed by atoms with Crippen molar-refractivity contribution in [2.24, 2.45) is 17.4 Å². The van der Waals surface area contributed by atoms with Crippen LogP contribution < -0.4 is 27.4 Å². The molecule has 4 amide bonds. The van der Waals surface area contributed by atoms with Crippen molar-refractivity contribution in [1.82, 2.24) is 25.9 Å². The monoisotopic (exact) mass is 525 g/mol. The molecule has 5 atom stereocenters. The van der Waals surface area contributed by atoms with Crippen molar-refractivity contribution in [2.45, 2.75) is 76.5 Å². The topological polar surface area (TPSA) is 260 Å². The standard InChI is InChI=1S/C22H35N7O8/c1-3-11(2)18(29-19(33)13(23)4-7-17(31)32)21(35)28-15(8-12-9-25-10-26-12)20(34)27-14(22(36)37)5-6-16(24)30/h9-11,13-15,18H,3-8,23H2,1-2H3,(H2,24,30)(H,25,26)(H,27,34)(H,28,35)(H,29,33)(H,31,32)(H,36,37). The summed E-state index contributed by atoms with van der Waals surface area (Å²) in [6.07, 6.45) is 2.17. The van der Waals surface area contributed by atoms with Crippen LogP contribution in [0.4, 0.5) is 0 Å². The van der Waals surface area contributed by atoms with E-state index in [4.69, 9.17) is 16.6 Å². The number of aliphatic carboxylic acids is 2. The molecule has 37 heavy (non-hydrogen) atoms. The third-order valence-electron chi connectivity index (χ3n) is 5.71. The third-order valence-corrected chi connectivity index (χ3v) is 5.71. The second kappa shape index (κ2) is 15.2. The Bertz CT molecular complexity index is 953. The van der Waals surface area contributed by atoms with Gasteiger partial charge in [-0.2, -0.15) is 0 Å². The Balaban J connectivity index is 3.07. The number of rotatable bonds is 17. The van der Waals surface area contributed by atoms with Crippen LogP contribution in [0.2, 0.25) is 0 Å². The van der Waals surface area contributed by atoms with Crippen LogP contribution in [0.3, 0.4) is 0 Å². The Kier molecular flexibility index (Phi) is 12.7.